The van der Waals surface area contributed by atoms with E-state index in [4.69, 9.17) is 11.6 Å². The van der Waals surface area contributed by atoms with Gasteiger partial charge < -0.3 is 0 Å². The first-order valence-corrected chi connectivity index (χ1v) is 18.1. The molecule has 0 saturated heterocycles. The molecule has 0 aliphatic carbocycles. The molecule has 0 amide bonds. The average Bonchev–Trinajstić information content (AvgIpc) is 3.18. The van der Waals surface area contributed by atoms with Crippen molar-refractivity contribution in [3.05, 3.63) is 35.0 Å². The second kappa shape index (κ2) is 11.1. The SMILES string of the molecule is CCC[CH2][Sn]([CH2]CCC)([CH2]CCC)[c]1cn(-c2ccc(Cl)cc2C#N)nn1. The molecule has 0 bridgehead atoms. The standard InChI is InChI=1S/C9H4ClN4.3C4H9.Sn/c10-8-1-2-9(7(5-8)6-11)14-4-3-12-13-14;3*1-3-4-2;/h1-2,4-5H;3*1,3-4H2,2H3;. The summed E-state index contributed by atoms with van der Waals surface area (Å²) in [7, 11) is 0. The summed E-state index contributed by atoms with van der Waals surface area (Å²) in [6, 6.07) is 7.59. The Bertz CT molecular complexity index is 744. The summed E-state index contributed by atoms with van der Waals surface area (Å²) in [5, 5.41) is 19.2. The van der Waals surface area contributed by atoms with Crippen molar-refractivity contribution in [2.24, 2.45) is 0 Å². The molecule has 1 heterocycles. The summed E-state index contributed by atoms with van der Waals surface area (Å²) >= 11 is 3.45. The predicted molar refractivity (Wildman–Crippen MR) is 116 cm³/mol. The Morgan fingerprint density at radius 3 is 2.15 bits per heavy atom. The maximum atomic E-state index is 9.46. The number of nitrogens with zero attached hydrogens (tertiary/aromatic N) is 4. The second-order valence-corrected chi connectivity index (χ2v) is 20.9. The van der Waals surface area contributed by atoms with Crippen molar-refractivity contribution in [1.29, 1.82) is 5.26 Å². The van der Waals surface area contributed by atoms with Gasteiger partial charge in [0.05, 0.1) is 0 Å². The number of hydrogen-bond donors (Lipinski definition) is 0. The summed E-state index contributed by atoms with van der Waals surface area (Å²) in [4.78, 5) is 0. The molecule has 0 aliphatic rings. The first-order valence-electron chi connectivity index (χ1n) is 10.2. The third kappa shape index (κ3) is 5.71. The van der Waals surface area contributed by atoms with Crippen LogP contribution < -0.4 is 3.71 Å². The van der Waals surface area contributed by atoms with Crippen LogP contribution in [0, 0.1) is 11.3 Å². The van der Waals surface area contributed by atoms with E-state index in [0.717, 1.165) is 5.69 Å². The fourth-order valence-corrected chi connectivity index (χ4v) is 18.9. The van der Waals surface area contributed by atoms with Gasteiger partial charge in [0.1, 0.15) is 0 Å². The van der Waals surface area contributed by atoms with Gasteiger partial charge in [-0.25, -0.2) is 0 Å². The van der Waals surface area contributed by atoms with Crippen LogP contribution in [0.15, 0.2) is 24.4 Å². The van der Waals surface area contributed by atoms with Crippen LogP contribution in [-0.4, -0.2) is 33.4 Å². The van der Waals surface area contributed by atoms with Crippen LogP contribution in [0.25, 0.3) is 5.69 Å². The van der Waals surface area contributed by atoms with E-state index in [2.05, 4.69) is 43.3 Å². The second-order valence-electron chi connectivity index (χ2n) is 7.41. The zero-order valence-electron chi connectivity index (χ0n) is 16.8. The fraction of sp³-hybridized carbons (Fsp3) is 0.571. The van der Waals surface area contributed by atoms with Gasteiger partial charge in [-0.05, 0) is 0 Å². The first-order chi connectivity index (χ1) is 13.1. The van der Waals surface area contributed by atoms with Crippen LogP contribution in [0.3, 0.4) is 0 Å². The van der Waals surface area contributed by atoms with Crippen LogP contribution >= 0.6 is 11.6 Å². The Balaban J connectivity index is 2.43. The Morgan fingerprint density at radius 2 is 1.63 bits per heavy atom. The zero-order valence-corrected chi connectivity index (χ0v) is 20.5. The van der Waals surface area contributed by atoms with Gasteiger partial charge in [0.15, 0.2) is 0 Å². The first kappa shape index (κ1) is 22.2. The van der Waals surface area contributed by atoms with Crippen molar-refractivity contribution in [1.82, 2.24) is 15.0 Å². The van der Waals surface area contributed by atoms with Gasteiger partial charge in [-0.3, -0.25) is 0 Å². The van der Waals surface area contributed by atoms with Gasteiger partial charge in [0, 0.05) is 0 Å². The zero-order chi connectivity index (χ0) is 19.7. The van der Waals surface area contributed by atoms with Gasteiger partial charge in [0.25, 0.3) is 0 Å². The van der Waals surface area contributed by atoms with Crippen LogP contribution in [0.5, 0.6) is 0 Å². The Morgan fingerprint density at radius 1 is 1.04 bits per heavy atom. The molecule has 1 aromatic carbocycles. The van der Waals surface area contributed by atoms with Crippen LogP contribution in [0.4, 0.5) is 0 Å². The fourth-order valence-electron chi connectivity index (χ4n) is 3.73. The van der Waals surface area contributed by atoms with E-state index in [-0.39, 0.29) is 0 Å². The third-order valence-corrected chi connectivity index (χ3v) is 20.6. The van der Waals surface area contributed by atoms with Crippen molar-refractivity contribution in [3.63, 3.8) is 0 Å². The Kier molecular flexibility index (Phi) is 9.11. The molecule has 2 aromatic rings. The van der Waals surface area contributed by atoms with Gasteiger partial charge >= 0.3 is 173 Å². The minimum absolute atomic E-state index is 0.537. The third-order valence-electron chi connectivity index (χ3n) is 5.39. The summed E-state index contributed by atoms with van der Waals surface area (Å²) < 4.78 is 7.14. The molecule has 0 N–H and O–H groups in total. The molecular weight excluding hydrogens is 462 g/mol. The van der Waals surface area contributed by atoms with Crippen molar-refractivity contribution >= 4 is 33.7 Å². The van der Waals surface area contributed by atoms with Gasteiger partial charge in [-0.2, -0.15) is 0 Å². The van der Waals surface area contributed by atoms with Crippen LogP contribution in [-0.2, 0) is 0 Å². The monoisotopic (exact) mass is 494 g/mol. The molecule has 2 rings (SSSR count). The molecule has 146 valence electrons. The van der Waals surface area contributed by atoms with E-state index in [1.165, 1.54) is 55.5 Å². The molecular formula is C21H31ClN4Sn. The van der Waals surface area contributed by atoms with Crippen molar-refractivity contribution in [2.45, 2.75) is 72.6 Å². The quantitative estimate of drug-likeness (QED) is 0.369. The van der Waals surface area contributed by atoms with E-state index in [1.807, 2.05) is 6.07 Å². The molecule has 0 radical (unpaired) electrons. The summed E-state index contributed by atoms with van der Waals surface area (Å²) in [5.74, 6) is 0. The summed E-state index contributed by atoms with van der Waals surface area (Å²) in [6.07, 6.45) is 9.71. The minimum atomic E-state index is -2.60. The van der Waals surface area contributed by atoms with Crippen molar-refractivity contribution in [3.8, 4) is 11.8 Å². The number of rotatable bonds is 11. The molecule has 1 aromatic heterocycles. The average molecular weight is 494 g/mol. The molecule has 0 unspecified atom stereocenters. The normalized spacial score (nSPS) is 11.5. The Hall–Kier alpha value is -1.06. The van der Waals surface area contributed by atoms with Gasteiger partial charge in [-0.1, -0.05) is 0 Å². The van der Waals surface area contributed by atoms with E-state index in [9.17, 15) is 5.26 Å². The van der Waals surface area contributed by atoms with Crippen LogP contribution in [0.1, 0.15) is 64.9 Å². The maximum absolute atomic E-state index is 9.46. The van der Waals surface area contributed by atoms with Crippen LogP contribution in [0.2, 0.25) is 18.3 Å². The number of unbranched alkanes of at least 4 members (excludes halogenated alkanes) is 3. The van der Waals surface area contributed by atoms with E-state index in [1.54, 1.807) is 16.8 Å². The molecule has 0 aliphatic heterocycles. The van der Waals surface area contributed by atoms with E-state index >= 15 is 0 Å². The number of halogens is 1. The summed E-state index contributed by atoms with van der Waals surface area (Å²) in [6.45, 7) is 6.83. The van der Waals surface area contributed by atoms with Gasteiger partial charge in [0.2, 0.25) is 0 Å². The van der Waals surface area contributed by atoms with Crippen molar-refractivity contribution in [2.75, 3.05) is 0 Å². The topological polar surface area (TPSA) is 54.5 Å². The van der Waals surface area contributed by atoms with E-state index < -0.39 is 18.4 Å². The molecule has 0 atom stereocenters. The molecule has 27 heavy (non-hydrogen) atoms. The Labute approximate surface area is 172 Å². The molecule has 0 saturated carbocycles. The molecule has 4 nitrogen and oxygen atoms in total. The van der Waals surface area contributed by atoms with Gasteiger partial charge in [-0.15, -0.1) is 0 Å². The molecule has 0 fully saturated rings. The summed E-state index contributed by atoms with van der Waals surface area (Å²) in [5.41, 5.74) is 1.30. The molecule has 0 spiro atoms. The number of aromatic nitrogens is 3. The number of benzene rings is 1. The van der Waals surface area contributed by atoms with E-state index in [0.29, 0.717) is 10.6 Å². The van der Waals surface area contributed by atoms with Crippen molar-refractivity contribution < 1.29 is 0 Å². The predicted octanol–water partition coefficient (Wildman–Crippen LogP) is 5.85. The number of hydrogen-bond acceptors (Lipinski definition) is 3. The number of nitriles is 1. The molecule has 6 heteroatoms.